The number of anilines is 2. The molecule has 5 rings (SSSR count). The van der Waals surface area contributed by atoms with Gasteiger partial charge in [0.15, 0.2) is 0 Å². The van der Waals surface area contributed by atoms with Crippen LogP contribution in [0, 0.1) is 23.6 Å². The first-order valence-electron chi connectivity index (χ1n) is 12.5. The number of hydrogen-bond donors (Lipinski definition) is 2. The number of pyridine rings is 1. The molecule has 2 N–H and O–H groups in total. The Morgan fingerprint density at radius 3 is 2.18 bits per heavy atom. The average molecular weight is 552 g/mol. The topological polar surface area (TPSA) is 104 Å². The van der Waals surface area contributed by atoms with E-state index in [2.05, 4.69) is 15.5 Å². The Morgan fingerprint density at radius 2 is 1.54 bits per heavy atom. The van der Waals surface area contributed by atoms with Crippen LogP contribution in [0.15, 0.2) is 71.7 Å². The fourth-order valence-corrected chi connectivity index (χ4v) is 5.01. The van der Waals surface area contributed by atoms with Crippen LogP contribution >= 0.6 is 11.6 Å². The molecule has 2 heterocycles. The fourth-order valence-electron chi connectivity index (χ4n) is 4.88. The molecule has 2 aliphatic rings. The quantitative estimate of drug-likeness (QED) is 0.490. The first kappa shape index (κ1) is 26.6. The summed E-state index contributed by atoms with van der Waals surface area (Å²) in [6.07, 6.45) is 1.51. The number of likely N-dealkylation sites (N-methyl/N-ethyl adjacent to an activating group) is 1. The second kappa shape index (κ2) is 11.0. The van der Waals surface area contributed by atoms with Gasteiger partial charge in [-0.05, 0) is 49.5 Å². The molecule has 3 atom stereocenters. The number of nitrogens with zero attached hydrogens (tertiary/aromatic N) is 3. The molecule has 0 unspecified atom stereocenters. The van der Waals surface area contributed by atoms with Gasteiger partial charge >= 0.3 is 0 Å². The van der Waals surface area contributed by atoms with E-state index < -0.39 is 35.4 Å². The number of halogens is 2. The van der Waals surface area contributed by atoms with Crippen molar-refractivity contribution in [1.29, 1.82) is 0 Å². The number of amides is 3. The molecule has 1 aromatic heterocycles. The van der Waals surface area contributed by atoms with E-state index >= 15 is 0 Å². The second-order valence-corrected chi connectivity index (χ2v) is 10.2. The van der Waals surface area contributed by atoms with Gasteiger partial charge < -0.3 is 20.4 Å². The van der Waals surface area contributed by atoms with Gasteiger partial charge in [0.25, 0.3) is 5.56 Å². The minimum Gasteiger partial charge on any atom is -0.340 e. The number of nitrogens with one attached hydrogen (secondary N) is 2. The lowest BCUT2D eigenvalue weighted by Gasteiger charge is -2.32. The number of hydrogen-bond acceptors (Lipinski definition) is 5. The monoisotopic (exact) mass is 551 g/mol. The standard InChI is InChI=1S/C28H27ClFN5O4/c1-33-12-14-34(15-13-33)28(39)25-23(26(37)31-18-7-5-17(29)6-8-18)24(25)27(38)32-21-10-9-19(16-20(21)30)35-11-3-2-4-22(35)36/h2-11,16,23-25H,12-15H2,1H3,(H,31,37)(H,32,38)/t23-,24+,25+/m1/s1. The van der Waals surface area contributed by atoms with Crippen molar-refractivity contribution in [3.8, 4) is 5.69 Å². The smallest absolute Gasteiger partial charge is 0.255 e. The van der Waals surface area contributed by atoms with Crippen LogP contribution in [0.4, 0.5) is 15.8 Å². The van der Waals surface area contributed by atoms with E-state index in [-0.39, 0.29) is 17.2 Å². The molecule has 39 heavy (non-hydrogen) atoms. The van der Waals surface area contributed by atoms with E-state index in [1.807, 2.05) is 7.05 Å². The molecule has 2 fully saturated rings. The molecule has 1 aliphatic heterocycles. The zero-order valence-corrected chi connectivity index (χ0v) is 21.9. The van der Waals surface area contributed by atoms with Crippen LogP contribution in [-0.4, -0.2) is 65.3 Å². The van der Waals surface area contributed by atoms with Gasteiger partial charge in [0, 0.05) is 55.2 Å². The second-order valence-electron chi connectivity index (χ2n) is 9.76. The Morgan fingerprint density at radius 1 is 0.872 bits per heavy atom. The van der Waals surface area contributed by atoms with Crippen molar-refractivity contribution >= 4 is 40.7 Å². The Bertz CT molecular complexity index is 1470. The summed E-state index contributed by atoms with van der Waals surface area (Å²) in [5, 5.41) is 5.80. The summed E-state index contributed by atoms with van der Waals surface area (Å²) in [7, 11) is 1.96. The predicted octanol–water partition coefficient (Wildman–Crippen LogP) is 2.84. The Hall–Kier alpha value is -4.02. The summed E-state index contributed by atoms with van der Waals surface area (Å²) in [4.78, 5) is 55.7. The van der Waals surface area contributed by atoms with Crippen molar-refractivity contribution in [3.05, 3.63) is 88.1 Å². The normalized spacial score (nSPS) is 20.8. The first-order chi connectivity index (χ1) is 18.7. The Labute approximate surface area is 229 Å². The van der Waals surface area contributed by atoms with Gasteiger partial charge in [-0.1, -0.05) is 17.7 Å². The van der Waals surface area contributed by atoms with E-state index in [9.17, 15) is 23.6 Å². The third kappa shape index (κ3) is 5.71. The van der Waals surface area contributed by atoms with Crippen molar-refractivity contribution in [1.82, 2.24) is 14.4 Å². The fraction of sp³-hybridized carbons (Fsp3) is 0.286. The lowest BCUT2D eigenvalue weighted by Crippen LogP contribution is -2.48. The molecule has 0 bridgehead atoms. The zero-order valence-electron chi connectivity index (χ0n) is 21.1. The predicted molar refractivity (Wildman–Crippen MR) is 145 cm³/mol. The van der Waals surface area contributed by atoms with Crippen LogP contribution in [0.1, 0.15) is 0 Å². The van der Waals surface area contributed by atoms with E-state index in [0.717, 1.165) is 6.07 Å². The highest BCUT2D eigenvalue weighted by atomic mass is 35.5. The first-order valence-corrected chi connectivity index (χ1v) is 12.9. The van der Waals surface area contributed by atoms with Crippen molar-refractivity contribution < 1.29 is 18.8 Å². The largest absolute Gasteiger partial charge is 0.340 e. The minimum atomic E-state index is -0.958. The van der Waals surface area contributed by atoms with Crippen molar-refractivity contribution in [2.24, 2.45) is 17.8 Å². The van der Waals surface area contributed by atoms with Crippen LogP contribution in [0.5, 0.6) is 0 Å². The van der Waals surface area contributed by atoms with Gasteiger partial charge in [0.1, 0.15) is 5.82 Å². The summed E-state index contributed by atoms with van der Waals surface area (Å²) in [5.41, 5.74) is 0.346. The van der Waals surface area contributed by atoms with E-state index in [0.29, 0.717) is 42.6 Å². The van der Waals surface area contributed by atoms with Crippen LogP contribution in [0.3, 0.4) is 0 Å². The third-order valence-electron chi connectivity index (χ3n) is 7.15. The molecule has 202 valence electrons. The average Bonchev–Trinajstić information content (AvgIpc) is 3.68. The van der Waals surface area contributed by atoms with Gasteiger partial charge in [-0.3, -0.25) is 23.7 Å². The maximum Gasteiger partial charge on any atom is 0.255 e. The Kier molecular flexibility index (Phi) is 7.49. The van der Waals surface area contributed by atoms with Crippen molar-refractivity contribution in [2.75, 3.05) is 43.9 Å². The number of carbonyl (C=O) groups is 3. The van der Waals surface area contributed by atoms with Gasteiger partial charge in [-0.2, -0.15) is 0 Å². The third-order valence-corrected chi connectivity index (χ3v) is 7.40. The maximum atomic E-state index is 15.0. The summed E-state index contributed by atoms with van der Waals surface area (Å²) in [5.74, 6) is -4.82. The molecular weight excluding hydrogens is 525 g/mol. The molecule has 0 radical (unpaired) electrons. The van der Waals surface area contributed by atoms with Gasteiger partial charge in [-0.25, -0.2) is 4.39 Å². The summed E-state index contributed by atoms with van der Waals surface area (Å²) >= 11 is 5.92. The molecule has 11 heteroatoms. The Balaban J connectivity index is 1.34. The zero-order chi connectivity index (χ0) is 27.7. The van der Waals surface area contributed by atoms with Gasteiger partial charge in [-0.15, -0.1) is 0 Å². The highest BCUT2D eigenvalue weighted by molar-refractivity contribution is 6.30. The molecule has 9 nitrogen and oxygen atoms in total. The van der Waals surface area contributed by atoms with Crippen LogP contribution in [0.25, 0.3) is 5.69 Å². The molecule has 1 saturated carbocycles. The van der Waals surface area contributed by atoms with Gasteiger partial charge in [0.05, 0.1) is 29.1 Å². The highest BCUT2D eigenvalue weighted by Gasteiger charge is 2.63. The van der Waals surface area contributed by atoms with Crippen molar-refractivity contribution in [3.63, 3.8) is 0 Å². The van der Waals surface area contributed by atoms with E-state index in [1.165, 1.54) is 29.0 Å². The SMILES string of the molecule is CN1CCN(C(=O)[C@H]2[C@H](C(=O)Nc3ccc(Cl)cc3)[C@@H]2C(=O)Nc2ccc(-n3ccccc3=O)cc2F)CC1. The number of carbonyl (C=O) groups excluding carboxylic acids is 3. The lowest BCUT2D eigenvalue weighted by molar-refractivity contribution is -0.136. The lowest BCUT2D eigenvalue weighted by atomic mass is 10.2. The number of rotatable bonds is 6. The van der Waals surface area contributed by atoms with Crippen LogP contribution < -0.4 is 16.2 Å². The molecule has 2 aromatic carbocycles. The van der Waals surface area contributed by atoms with Gasteiger partial charge in [0.2, 0.25) is 17.7 Å². The molecule has 1 saturated heterocycles. The number of piperazine rings is 1. The molecule has 3 aromatic rings. The number of aromatic nitrogens is 1. The molecule has 0 spiro atoms. The van der Waals surface area contributed by atoms with E-state index in [1.54, 1.807) is 41.3 Å². The summed E-state index contributed by atoms with van der Waals surface area (Å²) in [6.45, 7) is 2.39. The molecule has 3 amide bonds. The number of benzene rings is 2. The van der Waals surface area contributed by atoms with E-state index in [4.69, 9.17) is 11.6 Å². The van der Waals surface area contributed by atoms with Crippen LogP contribution in [0.2, 0.25) is 5.02 Å². The minimum absolute atomic E-state index is 0.109. The maximum absolute atomic E-state index is 15.0. The molecule has 1 aliphatic carbocycles. The molecular formula is C28H27ClFN5O4. The highest BCUT2D eigenvalue weighted by Crippen LogP contribution is 2.49. The summed E-state index contributed by atoms with van der Waals surface area (Å²) < 4.78 is 16.2. The van der Waals surface area contributed by atoms with Crippen LogP contribution in [-0.2, 0) is 14.4 Å². The summed E-state index contributed by atoms with van der Waals surface area (Å²) in [6, 6.07) is 15.1. The van der Waals surface area contributed by atoms with Crippen molar-refractivity contribution in [2.45, 2.75) is 0 Å².